The molecule has 1 atom stereocenters. The number of carbonyl (C=O) groups excluding carboxylic acids is 1. The monoisotopic (exact) mass is 356 g/mol. The largest absolute Gasteiger partial charge is 0.382 e. The number of nitrogens with zero attached hydrogens (tertiary/aromatic N) is 2. The van der Waals surface area contributed by atoms with Crippen LogP contribution < -0.4 is 22.1 Å². The molecule has 0 bridgehead atoms. The number of anilines is 3. The van der Waals surface area contributed by atoms with Gasteiger partial charge in [0.05, 0.1) is 29.7 Å². The predicted molar refractivity (Wildman–Crippen MR) is 101 cm³/mol. The Balaban J connectivity index is 1.83. The lowest BCUT2D eigenvalue weighted by Gasteiger charge is -2.23. The number of aryl methyl sites for hydroxylation is 2. The van der Waals surface area contributed by atoms with Crippen molar-refractivity contribution < 1.29 is 9.53 Å². The van der Waals surface area contributed by atoms with E-state index in [1.807, 2.05) is 26.0 Å². The van der Waals surface area contributed by atoms with Gasteiger partial charge < -0.3 is 26.8 Å². The Hall–Kier alpha value is -2.71. The molecule has 2 aromatic rings. The third-order valence-electron chi connectivity index (χ3n) is 4.26. The number of nitrogens with two attached hydrogens (primary N) is 2. The number of hydrogen-bond donors (Lipinski definition) is 4. The van der Waals surface area contributed by atoms with Crippen LogP contribution in [0, 0.1) is 13.8 Å². The average molecular weight is 356 g/mol. The number of nitrogens with one attached hydrogen (secondary N) is 2. The van der Waals surface area contributed by atoms with Crippen LogP contribution in [0.2, 0.25) is 0 Å². The highest BCUT2D eigenvalue weighted by Gasteiger charge is 2.30. The number of carbonyl (C=O) groups is 1. The second-order valence-electron chi connectivity index (χ2n) is 6.80. The molecule has 2 aromatic heterocycles. The molecule has 1 aliphatic rings. The molecule has 0 saturated carbocycles. The van der Waals surface area contributed by atoms with E-state index in [2.05, 4.69) is 20.6 Å². The van der Waals surface area contributed by atoms with Gasteiger partial charge in [0.1, 0.15) is 5.82 Å². The van der Waals surface area contributed by atoms with Gasteiger partial charge >= 0.3 is 0 Å². The number of amides is 1. The maximum Gasteiger partial charge on any atom is 0.269 e. The SMILES string of the molecule is Cc1cc(C)nc(Nc2cc(NCC3(N)CCOC3)cnc2C(N)=O)c1. The van der Waals surface area contributed by atoms with E-state index in [9.17, 15) is 4.79 Å². The van der Waals surface area contributed by atoms with E-state index >= 15 is 0 Å². The summed E-state index contributed by atoms with van der Waals surface area (Å²) in [5.41, 5.74) is 14.7. The lowest BCUT2D eigenvalue weighted by atomic mass is 10.0. The Morgan fingerprint density at radius 1 is 1.35 bits per heavy atom. The van der Waals surface area contributed by atoms with Crippen LogP contribution in [0.1, 0.15) is 28.2 Å². The van der Waals surface area contributed by atoms with Crippen molar-refractivity contribution in [2.45, 2.75) is 25.8 Å². The van der Waals surface area contributed by atoms with Crippen LogP contribution in [0.3, 0.4) is 0 Å². The summed E-state index contributed by atoms with van der Waals surface area (Å²) in [5.74, 6) is 0.0198. The Morgan fingerprint density at radius 2 is 2.15 bits per heavy atom. The number of rotatable bonds is 6. The third kappa shape index (κ3) is 4.27. The fraction of sp³-hybridized carbons (Fsp3) is 0.389. The first-order valence-corrected chi connectivity index (χ1v) is 8.47. The topological polar surface area (TPSA) is 128 Å². The van der Waals surface area contributed by atoms with Gasteiger partial charge in [-0.2, -0.15) is 0 Å². The summed E-state index contributed by atoms with van der Waals surface area (Å²) in [5, 5.41) is 6.41. The van der Waals surface area contributed by atoms with Gasteiger partial charge in [-0.05, 0) is 44.0 Å². The van der Waals surface area contributed by atoms with Crippen molar-refractivity contribution in [1.29, 1.82) is 0 Å². The van der Waals surface area contributed by atoms with Gasteiger partial charge in [-0.3, -0.25) is 4.79 Å². The van der Waals surface area contributed by atoms with Crippen LogP contribution in [0.25, 0.3) is 0 Å². The average Bonchev–Trinajstić information content (AvgIpc) is 2.99. The molecule has 26 heavy (non-hydrogen) atoms. The van der Waals surface area contributed by atoms with Crippen LogP contribution in [0.5, 0.6) is 0 Å². The molecule has 0 spiro atoms. The second-order valence-corrected chi connectivity index (χ2v) is 6.80. The van der Waals surface area contributed by atoms with Crippen molar-refractivity contribution in [2.75, 3.05) is 30.4 Å². The summed E-state index contributed by atoms with van der Waals surface area (Å²) >= 11 is 0. The van der Waals surface area contributed by atoms with E-state index in [4.69, 9.17) is 16.2 Å². The zero-order chi connectivity index (χ0) is 18.7. The van der Waals surface area contributed by atoms with Crippen LogP contribution in [-0.4, -0.2) is 41.2 Å². The molecule has 8 nitrogen and oxygen atoms in total. The molecule has 1 unspecified atom stereocenters. The van der Waals surface area contributed by atoms with Gasteiger partial charge in [0.15, 0.2) is 5.69 Å². The summed E-state index contributed by atoms with van der Waals surface area (Å²) in [6, 6.07) is 5.65. The van der Waals surface area contributed by atoms with Crippen LogP contribution in [0.15, 0.2) is 24.4 Å². The maximum absolute atomic E-state index is 11.7. The zero-order valence-electron chi connectivity index (χ0n) is 15.0. The van der Waals surface area contributed by atoms with Crippen molar-refractivity contribution in [3.05, 3.63) is 41.3 Å². The van der Waals surface area contributed by atoms with Crippen LogP contribution >= 0.6 is 0 Å². The van der Waals surface area contributed by atoms with E-state index in [1.165, 1.54) is 0 Å². The Morgan fingerprint density at radius 3 is 2.81 bits per heavy atom. The van der Waals surface area contributed by atoms with Crippen LogP contribution in [0.4, 0.5) is 17.2 Å². The molecule has 6 N–H and O–H groups in total. The molecule has 0 aliphatic carbocycles. The van der Waals surface area contributed by atoms with Crippen molar-refractivity contribution in [1.82, 2.24) is 9.97 Å². The first kappa shape index (κ1) is 18.1. The van der Waals surface area contributed by atoms with E-state index in [1.54, 1.807) is 12.3 Å². The molecule has 8 heteroatoms. The van der Waals surface area contributed by atoms with Gasteiger partial charge in [0.25, 0.3) is 5.91 Å². The fourth-order valence-corrected chi connectivity index (χ4v) is 2.94. The highest BCUT2D eigenvalue weighted by Crippen LogP contribution is 2.24. The van der Waals surface area contributed by atoms with Crippen LogP contribution in [-0.2, 0) is 4.74 Å². The van der Waals surface area contributed by atoms with Gasteiger partial charge in [0, 0.05) is 18.8 Å². The Labute approximate surface area is 152 Å². The highest BCUT2D eigenvalue weighted by molar-refractivity contribution is 5.97. The molecule has 1 fully saturated rings. The minimum Gasteiger partial charge on any atom is -0.382 e. The Kier molecular flexibility index (Phi) is 5.06. The summed E-state index contributed by atoms with van der Waals surface area (Å²) in [6.07, 6.45) is 2.36. The molecular weight excluding hydrogens is 332 g/mol. The number of aromatic nitrogens is 2. The smallest absolute Gasteiger partial charge is 0.269 e. The highest BCUT2D eigenvalue weighted by atomic mass is 16.5. The van der Waals surface area contributed by atoms with E-state index in [0.29, 0.717) is 31.3 Å². The molecular formula is C18H24N6O2. The standard InChI is InChI=1S/C18H24N6O2/c1-11-5-12(2)23-15(6-11)24-14-7-13(8-21-16(14)17(19)25)22-9-18(20)3-4-26-10-18/h5-8,22H,3-4,9-10,20H2,1-2H3,(H2,19,25)(H,23,24). The molecule has 3 heterocycles. The van der Waals surface area contributed by atoms with Gasteiger partial charge in [0.2, 0.25) is 0 Å². The van der Waals surface area contributed by atoms with E-state index < -0.39 is 11.4 Å². The van der Waals surface area contributed by atoms with Gasteiger partial charge in [-0.1, -0.05) is 0 Å². The second kappa shape index (κ2) is 7.27. The van der Waals surface area contributed by atoms with Crippen molar-refractivity contribution in [3.8, 4) is 0 Å². The molecule has 1 aliphatic heterocycles. The quantitative estimate of drug-likeness (QED) is 0.617. The molecule has 0 radical (unpaired) electrons. The fourth-order valence-electron chi connectivity index (χ4n) is 2.94. The predicted octanol–water partition coefficient (Wildman–Crippen LogP) is 1.47. The van der Waals surface area contributed by atoms with Crippen molar-refractivity contribution in [3.63, 3.8) is 0 Å². The normalized spacial score (nSPS) is 19.3. The minimum atomic E-state index is -0.608. The molecule has 1 saturated heterocycles. The van der Waals surface area contributed by atoms with Crippen molar-refractivity contribution >= 4 is 23.1 Å². The van der Waals surface area contributed by atoms with Crippen molar-refractivity contribution in [2.24, 2.45) is 11.5 Å². The maximum atomic E-state index is 11.7. The zero-order valence-corrected chi connectivity index (χ0v) is 15.0. The van der Waals surface area contributed by atoms with E-state index in [0.717, 1.165) is 23.4 Å². The lowest BCUT2D eigenvalue weighted by molar-refractivity contribution is 0.0996. The summed E-state index contributed by atoms with van der Waals surface area (Å²) in [7, 11) is 0. The molecule has 0 aromatic carbocycles. The van der Waals surface area contributed by atoms with Gasteiger partial charge in [-0.15, -0.1) is 0 Å². The summed E-state index contributed by atoms with van der Waals surface area (Å²) in [6.45, 7) is 5.63. The number of ether oxygens (including phenoxy) is 1. The molecule has 1 amide bonds. The molecule has 138 valence electrons. The first-order chi connectivity index (χ1) is 12.3. The third-order valence-corrected chi connectivity index (χ3v) is 4.26. The van der Waals surface area contributed by atoms with E-state index in [-0.39, 0.29) is 5.69 Å². The summed E-state index contributed by atoms with van der Waals surface area (Å²) < 4.78 is 5.36. The number of primary amides is 1. The molecule has 3 rings (SSSR count). The first-order valence-electron chi connectivity index (χ1n) is 8.47. The Bertz CT molecular complexity index is 797. The summed E-state index contributed by atoms with van der Waals surface area (Å²) in [4.78, 5) is 20.3. The number of pyridine rings is 2. The van der Waals surface area contributed by atoms with Gasteiger partial charge in [-0.25, -0.2) is 9.97 Å². The number of hydrogen-bond acceptors (Lipinski definition) is 7. The lowest BCUT2D eigenvalue weighted by Crippen LogP contribution is -2.46. The minimum absolute atomic E-state index is 0.156.